The summed E-state index contributed by atoms with van der Waals surface area (Å²) in [4.78, 5) is 22.6. The molecule has 0 unspecified atom stereocenters. The van der Waals surface area contributed by atoms with Gasteiger partial charge in [0.05, 0.1) is 11.9 Å². The van der Waals surface area contributed by atoms with E-state index in [0.29, 0.717) is 18.0 Å². The topological polar surface area (TPSA) is 102 Å². The van der Waals surface area contributed by atoms with Gasteiger partial charge in [0.25, 0.3) is 0 Å². The molecular weight excluding hydrogens is 246 g/mol. The first-order chi connectivity index (χ1) is 9.13. The highest BCUT2D eigenvalue weighted by Crippen LogP contribution is 2.17. The van der Waals surface area contributed by atoms with Crippen molar-refractivity contribution < 1.29 is 9.59 Å². The third kappa shape index (κ3) is 4.36. The average molecular weight is 265 g/mol. The first kappa shape index (κ1) is 13.5. The monoisotopic (exact) mass is 265 g/mol. The number of carbonyl (C=O) groups is 2. The number of hydrogen-bond acceptors (Lipinski definition) is 4. The zero-order chi connectivity index (χ0) is 13.7. The first-order valence-electron chi connectivity index (χ1n) is 6.45. The third-order valence-corrected chi connectivity index (χ3v) is 3.17. The fourth-order valence-electron chi connectivity index (χ4n) is 2.23. The van der Waals surface area contributed by atoms with Crippen molar-refractivity contribution in [2.45, 2.75) is 25.8 Å². The van der Waals surface area contributed by atoms with Gasteiger partial charge in [-0.05, 0) is 31.8 Å². The van der Waals surface area contributed by atoms with Crippen molar-refractivity contribution in [2.75, 3.05) is 18.4 Å². The van der Waals surface area contributed by atoms with Gasteiger partial charge >= 0.3 is 0 Å². The van der Waals surface area contributed by atoms with Crippen LogP contribution in [0, 0.1) is 5.92 Å². The quantitative estimate of drug-likeness (QED) is 0.680. The maximum absolute atomic E-state index is 11.9. The Morgan fingerprint density at radius 3 is 2.89 bits per heavy atom. The number of nitrogens with zero attached hydrogens (tertiary/aromatic N) is 2. The van der Waals surface area contributed by atoms with Gasteiger partial charge in [0.1, 0.15) is 6.54 Å². The van der Waals surface area contributed by atoms with Crippen LogP contribution in [0.4, 0.5) is 5.69 Å². The number of rotatable bonds is 5. The second-order valence-electron chi connectivity index (χ2n) is 4.84. The van der Waals surface area contributed by atoms with Crippen molar-refractivity contribution in [1.82, 2.24) is 15.1 Å². The minimum absolute atomic E-state index is 0.00877. The van der Waals surface area contributed by atoms with Crippen LogP contribution in [0.2, 0.25) is 0 Å². The summed E-state index contributed by atoms with van der Waals surface area (Å²) in [6.45, 7) is 1.98. The predicted molar refractivity (Wildman–Crippen MR) is 70.3 cm³/mol. The van der Waals surface area contributed by atoms with Crippen molar-refractivity contribution in [3.05, 3.63) is 12.4 Å². The lowest BCUT2D eigenvalue weighted by Gasteiger charge is -2.21. The van der Waals surface area contributed by atoms with Crippen molar-refractivity contribution in [1.29, 1.82) is 0 Å². The highest BCUT2D eigenvalue weighted by Gasteiger charge is 2.17. The lowest BCUT2D eigenvalue weighted by Crippen LogP contribution is -2.30. The Balaban J connectivity index is 1.81. The number of piperidine rings is 1. The maximum Gasteiger partial charge on any atom is 0.239 e. The number of nitrogens with one attached hydrogen (secondary N) is 2. The van der Waals surface area contributed by atoms with Crippen LogP contribution in [-0.2, 0) is 16.1 Å². The van der Waals surface area contributed by atoms with E-state index in [1.807, 2.05) is 0 Å². The van der Waals surface area contributed by atoms with Crippen LogP contribution >= 0.6 is 0 Å². The number of nitrogens with two attached hydrogens (primary N) is 1. The van der Waals surface area contributed by atoms with E-state index in [0.717, 1.165) is 25.9 Å². The zero-order valence-corrected chi connectivity index (χ0v) is 10.8. The number of aromatic nitrogens is 2. The summed E-state index contributed by atoms with van der Waals surface area (Å²) in [5.74, 6) is -0.0249. The van der Waals surface area contributed by atoms with Crippen molar-refractivity contribution in [2.24, 2.45) is 11.7 Å². The second-order valence-corrected chi connectivity index (χ2v) is 4.84. The van der Waals surface area contributed by atoms with Crippen LogP contribution in [0.5, 0.6) is 0 Å². The minimum Gasteiger partial charge on any atom is -0.368 e. The number of hydrogen-bond donors (Lipinski definition) is 3. The van der Waals surface area contributed by atoms with Gasteiger partial charge in [-0.15, -0.1) is 0 Å². The standard InChI is InChI=1S/C12H19N5O2/c13-11(18)8-17-7-10(6-15-17)16-12(19)5-9-1-3-14-4-2-9/h6-7,9,14H,1-5,8H2,(H2,13,18)(H,16,19). The summed E-state index contributed by atoms with van der Waals surface area (Å²) in [5, 5.41) is 10.0. The number of anilines is 1. The van der Waals surface area contributed by atoms with Crippen LogP contribution < -0.4 is 16.4 Å². The molecule has 0 bridgehead atoms. The smallest absolute Gasteiger partial charge is 0.239 e. The number of amides is 2. The summed E-state index contributed by atoms with van der Waals surface area (Å²) in [7, 11) is 0. The molecule has 0 aromatic carbocycles. The minimum atomic E-state index is -0.462. The molecule has 0 radical (unpaired) electrons. The fraction of sp³-hybridized carbons (Fsp3) is 0.583. The van der Waals surface area contributed by atoms with Crippen molar-refractivity contribution in [3.63, 3.8) is 0 Å². The molecule has 0 aliphatic carbocycles. The Hall–Kier alpha value is -1.89. The van der Waals surface area contributed by atoms with Gasteiger partial charge in [0.2, 0.25) is 11.8 Å². The highest BCUT2D eigenvalue weighted by atomic mass is 16.2. The lowest BCUT2D eigenvalue weighted by atomic mass is 9.94. The SMILES string of the molecule is NC(=O)Cn1cc(NC(=O)CC2CCNCC2)cn1. The van der Waals surface area contributed by atoms with Gasteiger partial charge in [-0.2, -0.15) is 5.10 Å². The van der Waals surface area contributed by atoms with E-state index in [1.54, 1.807) is 6.20 Å². The molecule has 4 N–H and O–H groups in total. The molecule has 1 aliphatic heterocycles. The summed E-state index contributed by atoms with van der Waals surface area (Å²) >= 11 is 0. The van der Waals surface area contributed by atoms with Gasteiger partial charge in [0.15, 0.2) is 0 Å². The molecule has 0 spiro atoms. The Kier molecular flexibility index (Phi) is 4.51. The lowest BCUT2D eigenvalue weighted by molar-refractivity contribution is -0.119. The van der Waals surface area contributed by atoms with Gasteiger partial charge in [0, 0.05) is 12.6 Å². The van der Waals surface area contributed by atoms with E-state index >= 15 is 0 Å². The van der Waals surface area contributed by atoms with Crippen molar-refractivity contribution in [3.8, 4) is 0 Å². The molecule has 2 amide bonds. The van der Waals surface area contributed by atoms with Crippen LogP contribution in [0.3, 0.4) is 0 Å². The number of carbonyl (C=O) groups excluding carboxylic acids is 2. The zero-order valence-electron chi connectivity index (χ0n) is 10.8. The molecule has 0 saturated carbocycles. The molecular formula is C12H19N5O2. The normalized spacial score (nSPS) is 16.2. The molecule has 7 nitrogen and oxygen atoms in total. The molecule has 2 rings (SSSR count). The Bertz CT molecular complexity index is 451. The Morgan fingerprint density at radius 2 is 2.21 bits per heavy atom. The Labute approximate surface area is 111 Å². The highest BCUT2D eigenvalue weighted by molar-refractivity contribution is 5.90. The van der Waals surface area contributed by atoms with Crippen LogP contribution in [0.25, 0.3) is 0 Å². The third-order valence-electron chi connectivity index (χ3n) is 3.17. The molecule has 19 heavy (non-hydrogen) atoms. The van der Waals surface area contributed by atoms with E-state index < -0.39 is 5.91 Å². The fourth-order valence-corrected chi connectivity index (χ4v) is 2.23. The molecule has 2 heterocycles. The second kappa shape index (κ2) is 6.33. The molecule has 0 atom stereocenters. The Morgan fingerprint density at radius 1 is 1.47 bits per heavy atom. The largest absolute Gasteiger partial charge is 0.368 e. The van der Waals surface area contributed by atoms with Gasteiger partial charge in [-0.1, -0.05) is 0 Å². The summed E-state index contributed by atoms with van der Waals surface area (Å²) in [6, 6.07) is 0. The van der Waals surface area contributed by atoms with Crippen LogP contribution in [0.15, 0.2) is 12.4 Å². The molecule has 1 aromatic heterocycles. The molecule has 1 aromatic rings. The van der Waals surface area contributed by atoms with E-state index in [4.69, 9.17) is 5.73 Å². The van der Waals surface area contributed by atoms with E-state index in [2.05, 4.69) is 15.7 Å². The summed E-state index contributed by atoms with van der Waals surface area (Å²) in [6.07, 6.45) is 5.72. The first-order valence-corrected chi connectivity index (χ1v) is 6.45. The van der Waals surface area contributed by atoms with E-state index in [9.17, 15) is 9.59 Å². The number of primary amides is 1. The van der Waals surface area contributed by atoms with Crippen LogP contribution in [-0.4, -0.2) is 34.7 Å². The molecule has 1 fully saturated rings. The van der Waals surface area contributed by atoms with Gasteiger partial charge < -0.3 is 16.4 Å². The van der Waals surface area contributed by atoms with Crippen LogP contribution in [0.1, 0.15) is 19.3 Å². The van der Waals surface area contributed by atoms with E-state index in [1.165, 1.54) is 10.9 Å². The summed E-state index contributed by atoms with van der Waals surface area (Å²) < 4.78 is 1.41. The van der Waals surface area contributed by atoms with E-state index in [-0.39, 0.29) is 12.5 Å². The average Bonchev–Trinajstić information content (AvgIpc) is 2.76. The molecule has 7 heteroatoms. The molecule has 1 saturated heterocycles. The maximum atomic E-state index is 11.9. The van der Waals surface area contributed by atoms with Gasteiger partial charge in [-0.3, -0.25) is 14.3 Å². The molecule has 1 aliphatic rings. The van der Waals surface area contributed by atoms with Crippen molar-refractivity contribution >= 4 is 17.5 Å². The predicted octanol–water partition coefficient (Wildman–Crippen LogP) is -0.303. The van der Waals surface area contributed by atoms with Gasteiger partial charge in [-0.25, -0.2) is 0 Å². The summed E-state index contributed by atoms with van der Waals surface area (Å²) in [5.41, 5.74) is 5.66. The molecule has 104 valence electrons.